The summed E-state index contributed by atoms with van der Waals surface area (Å²) in [6, 6.07) is 4.04. The molecular weight excluding hydrogens is 372 g/mol. The van der Waals surface area contributed by atoms with E-state index in [9.17, 15) is 23.1 Å². The average Bonchev–Trinajstić information content (AvgIpc) is 2.87. The highest BCUT2D eigenvalue weighted by atomic mass is 32.2. The normalized spacial score (nSPS) is 17.2. The lowest BCUT2D eigenvalue weighted by Gasteiger charge is -2.29. The van der Waals surface area contributed by atoms with Crippen molar-refractivity contribution in [3.8, 4) is 5.75 Å². The first kappa shape index (κ1) is 21.2. The van der Waals surface area contributed by atoms with Crippen molar-refractivity contribution in [3.05, 3.63) is 23.8 Å². The summed E-state index contributed by atoms with van der Waals surface area (Å²) in [6.45, 7) is 0. The number of carboxylic acids is 1. The molecule has 0 aromatic heterocycles. The van der Waals surface area contributed by atoms with Gasteiger partial charge in [-0.25, -0.2) is 17.5 Å². The topological polar surface area (TPSA) is 113 Å². The largest absolute Gasteiger partial charge is 0.495 e. The van der Waals surface area contributed by atoms with Crippen LogP contribution in [0, 0.1) is 0 Å². The number of nitrogens with one attached hydrogen (secondary N) is 1. The van der Waals surface area contributed by atoms with Crippen LogP contribution in [0.15, 0.2) is 23.1 Å². The molecule has 2 rings (SSSR count). The molecule has 1 aliphatic rings. The molecule has 150 valence electrons. The van der Waals surface area contributed by atoms with Gasteiger partial charge in [-0.3, -0.25) is 4.79 Å². The highest BCUT2D eigenvalue weighted by Crippen LogP contribution is 2.30. The molecule has 0 atom stereocenters. The van der Waals surface area contributed by atoms with E-state index in [0.29, 0.717) is 12.8 Å². The van der Waals surface area contributed by atoms with Crippen LogP contribution in [0.3, 0.4) is 0 Å². The van der Waals surface area contributed by atoms with Crippen LogP contribution in [0.5, 0.6) is 5.75 Å². The maximum absolute atomic E-state index is 12.8. The van der Waals surface area contributed by atoms with Gasteiger partial charge in [0.2, 0.25) is 10.0 Å². The van der Waals surface area contributed by atoms with Gasteiger partial charge in [-0.05, 0) is 31.0 Å². The number of nitrogens with zero attached hydrogens (tertiary/aromatic N) is 1. The number of hydrogen-bond donors (Lipinski definition) is 2. The molecule has 1 fully saturated rings. The molecule has 1 aliphatic carbocycles. The number of carbonyl (C=O) groups excluding carboxylic acids is 1. The number of aliphatic carboxylic acids is 1. The van der Waals surface area contributed by atoms with Gasteiger partial charge in [0.15, 0.2) is 0 Å². The van der Waals surface area contributed by atoms with E-state index < -0.39 is 27.4 Å². The number of rotatable bonds is 6. The molecule has 27 heavy (non-hydrogen) atoms. The van der Waals surface area contributed by atoms with Gasteiger partial charge in [-0.1, -0.05) is 25.7 Å². The number of amides is 1. The van der Waals surface area contributed by atoms with Crippen molar-refractivity contribution < 1.29 is 27.9 Å². The highest BCUT2D eigenvalue weighted by molar-refractivity contribution is 7.89. The van der Waals surface area contributed by atoms with Gasteiger partial charge in [0, 0.05) is 19.7 Å². The number of hydrogen-bond acceptors (Lipinski definition) is 5. The number of benzene rings is 1. The van der Waals surface area contributed by atoms with Gasteiger partial charge in [0.05, 0.1) is 7.11 Å². The lowest BCUT2D eigenvalue weighted by molar-refractivity contribution is -0.145. The molecule has 1 aromatic rings. The summed E-state index contributed by atoms with van der Waals surface area (Å²) < 4.78 is 31.2. The molecular formula is C18H26N2O6S. The Morgan fingerprint density at radius 2 is 1.74 bits per heavy atom. The lowest BCUT2D eigenvalue weighted by Crippen LogP contribution is -2.54. The number of carbonyl (C=O) groups is 2. The van der Waals surface area contributed by atoms with E-state index in [2.05, 4.69) is 5.32 Å². The minimum atomic E-state index is -3.83. The number of carboxylic acid groups (broad SMARTS) is 1. The predicted octanol–water partition coefficient (Wildman–Crippen LogP) is 1.85. The molecule has 0 aliphatic heterocycles. The summed E-state index contributed by atoms with van der Waals surface area (Å²) in [6.07, 6.45) is 4.00. The first-order chi connectivity index (χ1) is 12.6. The van der Waals surface area contributed by atoms with E-state index in [0.717, 1.165) is 30.0 Å². The van der Waals surface area contributed by atoms with E-state index in [-0.39, 0.29) is 16.2 Å². The number of ether oxygens (including phenoxy) is 1. The maximum Gasteiger partial charge on any atom is 0.329 e. The summed E-state index contributed by atoms with van der Waals surface area (Å²) in [5.41, 5.74) is -1.25. The van der Waals surface area contributed by atoms with E-state index in [1.54, 1.807) is 0 Å². The Balaban J connectivity index is 2.40. The third-order valence-electron chi connectivity index (χ3n) is 4.90. The van der Waals surface area contributed by atoms with Crippen molar-refractivity contribution >= 4 is 21.9 Å². The zero-order chi connectivity index (χ0) is 20.2. The smallest absolute Gasteiger partial charge is 0.329 e. The number of methoxy groups -OCH3 is 1. The second kappa shape index (κ2) is 8.26. The highest BCUT2D eigenvalue weighted by Gasteiger charge is 2.40. The minimum absolute atomic E-state index is 0.0705. The van der Waals surface area contributed by atoms with Crippen molar-refractivity contribution in [1.82, 2.24) is 9.62 Å². The third-order valence-corrected chi connectivity index (χ3v) is 6.74. The van der Waals surface area contributed by atoms with E-state index in [4.69, 9.17) is 4.74 Å². The fourth-order valence-electron chi connectivity index (χ4n) is 3.23. The molecule has 0 heterocycles. The van der Waals surface area contributed by atoms with Crippen molar-refractivity contribution in [1.29, 1.82) is 0 Å². The monoisotopic (exact) mass is 398 g/mol. The number of sulfonamides is 1. The Bertz CT molecular complexity index is 811. The van der Waals surface area contributed by atoms with E-state index in [1.807, 2.05) is 0 Å². The summed E-state index contributed by atoms with van der Waals surface area (Å²) in [5.74, 6) is -1.56. The van der Waals surface area contributed by atoms with Crippen molar-refractivity contribution in [3.63, 3.8) is 0 Å². The average molecular weight is 398 g/mol. The molecule has 0 unspecified atom stereocenters. The molecule has 0 saturated heterocycles. The fourth-order valence-corrected chi connectivity index (χ4v) is 4.31. The maximum atomic E-state index is 12.8. The van der Waals surface area contributed by atoms with Crippen LogP contribution in [0.1, 0.15) is 48.9 Å². The Morgan fingerprint density at radius 1 is 1.15 bits per heavy atom. The molecule has 0 bridgehead atoms. The van der Waals surface area contributed by atoms with E-state index in [1.165, 1.54) is 39.4 Å². The molecule has 0 spiro atoms. The molecule has 2 N–H and O–H groups in total. The minimum Gasteiger partial charge on any atom is -0.495 e. The van der Waals surface area contributed by atoms with Crippen LogP contribution in [0.2, 0.25) is 0 Å². The SMILES string of the molecule is COc1ccc(C(=O)NC2(C(=O)O)CCCCCC2)cc1S(=O)(=O)N(C)C. The quantitative estimate of drug-likeness (QED) is 0.707. The Labute approximate surface area is 159 Å². The van der Waals surface area contributed by atoms with Crippen molar-refractivity contribution in [2.45, 2.75) is 49.0 Å². The summed E-state index contributed by atoms with van der Waals surface area (Å²) >= 11 is 0. The molecule has 1 aromatic carbocycles. The van der Waals surface area contributed by atoms with Crippen molar-refractivity contribution in [2.75, 3.05) is 21.2 Å². The lowest BCUT2D eigenvalue weighted by atomic mass is 9.90. The van der Waals surface area contributed by atoms with Crippen LogP contribution in [0.25, 0.3) is 0 Å². The van der Waals surface area contributed by atoms with Gasteiger partial charge in [-0.2, -0.15) is 0 Å². The summed E-state index contributed by atoms with van der Waals surface area (Å²) in [5, 5.41) is 12.4. The third kappa shape index (κ3) is 4.41. The van der Waals surface area contributed by atoms with Crippen LogP contribution in [-0.4, -0.2) is 56.5 Å². The molecule has 1 saturated carbocycles. The Hall–Kier alpha value is -2.13. The molecule has 0 radical (unpaired) electrons. The molecule has 1 amide bonds. The fraction of sp³-hybridized carbons (Fsp3) is 0.556. The van der Waals surface area contributed by atoms with Crippen LogP contribution >= 0.6 is 0 Å². The molecule has 9 heteroatoms. The van der Waals surface area contributed by atoms with Crippen molar-refractivity contribution in [2.24, 2.45) is 0 Å². The summed E-state index contributed by atoms with van der Waals surface area (Å²) in [4.78, 5) is 24.5. The molecule has 8 nitrogen and oxygen atoms in total. The second-order valence-corrected chi connectivity index (χ2v) is 9.03. The van der Waals surface area contributed by atoms with Gasteiger partial charge < -0.3 is 15.2 Å². The van der Waals surface area contributed by atoms with Gasteiger partial charge in [-0.15, -0.1) is 0 Å². The Morgan fingerprint density at radius 3 is 2.22 bits per heavy atom. The van der Waals surface area contributed by atoms with Gasteiger partial charge >= 0.3 is 5.97 Å². The Kier molecular flexibility index (Phi) is 6.48. The zero-order valence-electron chi connectivity index (χ0n) is 15.8. The standard InChI is InChI=1S/C18H26N2O6S/c1-20(2)27(24,25)15-12-13(8-9-14(15)26-3)16(21)19-18(17(22)23)10-6-4-5-7-11-18/h8-9,12H,4-7,10-11H2,1-3H3,(H,19,21)(H,22,23). The van der Waals surface area contributed by atoms with Crippen LogP contribution < -0.4 is 10.1 Å². The predicted molar refractivity (Wildman–Crippen MR) is 99.4 cm³/mol. The zero-order valence-corrected chi connectivity index (χ0v) is 16.6. The van der Waals surface area contributed by atoms with Gasteiger partial charge in [0.25, 0.3) is 5.91 Å². The summed E-state index contributed by atoms with van der Waals surface area (Å²) in [7, 11) is 0.271. The first-order valence-electron chi connectivity index (χ1n) is 8.80. The van der Waals surface area contributed by atoms with Crippen LogP contribution in [-0.2, 0) is 14.8 Å². The van der Waals surface area contributed by atoms with Crippen LogP contribution in [0.4, 0.5) is 0 Å². The second-order valence-electron chi connectivity index (χ2n) is 6.91. The van der Waals surface area contributed by atoms with E-state index >= 15 is 0 Å². The first-order valence-corrected chi connectivity index (χ1v) is 10.2. The van der Waals surface area contributed by atoms with Gasteiger partial charge in [0.1, 0.15) is 16.2 Å².